The van der Waals surface area contributed by atoms with E-state index in [0.29, 0.717) is 0 Å². The first-order valence-electron chi connectivity index (χ1n) is 5.70. The number of nitrogens with one attached hydrogen (secondary N) is 2. The zero-order chi connectivity index (χ0) is 14.6. The van der Waals surface area contributed by atoms with Crippen molar-refractivity contribution >= 4 is 28.1 Å². The van der Waals surface area contributed by atoms with Gasteiger partial charge in [-0.3, -0.25) is 10.1 Å². The van der Waals surface area contributed by atoms with E-state index < -0.39 is 14.9 Å². The highest BCUT2D eigenvalue weighted by atomic mass is 35.5. The van der Waals surface area contributed by atoms with Crippen molar-refractivity contribution in [2.45, 2.75) is 24.8 Å². The first-order chi connectivity index (χ1) is 8.79. The summed E-state index contributed by atoms with van der Waals surface area (Å²) in [6.07, 6.45) is 0. The van der Waals surface area contributed by atoms with Gasteiger partial charge in [-0.2, -0.15) is 0 Å². The number of hydrogen-bond donors (Lipinski definition) is 2. The first-order valence-corrected chi connectivity index (χ1v) is 7.19. The molecule has 20 heavy (non-hydrogen) atoms. The third-order valence-corrected chi connectivity index (χ3v) is 4.38. The Kier molecular flexibility index (Phi) is 7.07. The van der Waals surface area contributed by atoms with Gasteiger partial charge in [0.05, 0.1) is 9.82 Å². The van der Waals surface area contributed by atoms with Gasteiger partial charge >= 0.3 is 0 Å². The Morgan fingerprint density at radius 2 is 2.00 bits per heavy atom. The highest BCUT2D eigenvalue weighted by Gasteiger charge is 2.22. The van der Waals surface area contributed by atoms with E-state index in [1.807, 2.05) is 6.92 Å². The molecule has 2 N–H and O–H groups in total. The minimum absolute atomic E-state index is 0. The van der Waals surface area contributed by atoms with Crippen molar-refractivity contribution < 1.29 is 13.3 Å². The van der Waals surface area contributed by atoms with E-state index in [2.05, 4.69) is 10.0 Å². The van der Waals surface area contributed by atoms with Gasteiger partial charge in [0.1, 0.15) is 0 Å². The number of nitro benzene ring substituents is 1. The van der Waals surface area contributed by atoms with Gasteiger partial charge in [-0.05, 0) is 27.0 Å². The van der Waals surface area contributed by atoms with Crippen LogP contribution in [-0.2, 0) is 10.0 Å². The van der Waals surface area contributed by atoms with Crippen molar-refractivity contribution in [2.75, 3.05) is 13.6 Å². The number of benzene rings is 1. The van der Waals surface area contributed by atoms with Crippen LogP contribution in [0.3, 0.4) is 0 Å². The molecule has 1 atom stereocenters. The molecule has 1 rings (SSSR count). The second-order valence-electron chi connectivity index (χ2n) is 4.20. The first kappa shape index (κ1) is 18.8. The van der Waals surface area contributed by atoms with Crippen LogP contribution in [0, 0.1) is 17.0 Å². The van der Waals surface area contributed by atoms with E-state index in [9.17, 15) is 18.5 Å². The van der Waals surface area contributed by atoms with Gasteiger partial charge in [0.2, 0.25) is 10.0 Å². The summed E-state index contributed by atoms with van der Waals surface area (Å²) >= 11 is 0. The van der Waals surface area contributed by atoms with Gasteiger partial charge in [-0.1, -0.05) is 6.07 Å². The van der Waals surface area contributed by atoms with Crippen molar-refractivity contribution in [2.24, 2.45) is 0 Å². The van der Waals surface area contributed by atoms with Crippen molar-refractivity contribution in [3.05, 3.63) is 33.9 Å². The number of sulfonamides is 1. The lowest BCUT2D eigenvalue weighted by Gasteiger charge is -2.13. The van der Waals surface area contributed by atoms with Crippen LogP contribution in [0.5, 0.6) is 0 Å². The second kappa shape index (κ2) is 7.53. The third kappa shape index (κ3) is 4.41. The average molecular weight is 324 g/mol. The zero-order valence-electron chi connectivity index (χ0n) is 11.4. The maximum absolute atomic E-state index is 12.1. The molecule has 0 aliphatic heterocycles. The van der Waals surface area contributed by atoms with Crippen LogP contribution in [0.25, 0.3) is 0 Å². The van der Waals surface area contributed by atoms with E-state index >= 15 is 0 Å². The fourth-order valence-electron chi connectivity index (χ4n) is 1.51. The second-order valence-corrected chi connectivity index (χ2v) is 5.93. The van der Waals surface area contributed by atoms with Gasteiger partial charge in [0, 0.05) is 24.2 Å². The summed E-state index contributed by atoms with van der Waals surface area (Å²) in [6, 6.07) is 3.97. The standard InChI is InChI=1S/C11H17N3O4S.ClH/c1-8(12-3)7-13-19(17,18)11-6-4-5-10(9(11)2)14(15)16;/h4-6,8,12-13H,7H2,1-3H3;1H. The SMILES string of the molecule is CNC(C)CNS(=O)(=O)c1cccc([N+](=O)[O-])c1C.Cl. The van der Waals surface area contributed by atoms with Crippen LogP contribution in [0.1, 0.15) is 12.5 Å². The van der Waals surface area contributed by atoms with Crippen molar-refractivity contribution in [1.29, 1.82) is 0 Å². The Balaban J connectivity index is 0.00000361. The van der Waals surface area contributed by atoms with E-state index in [1.54, 1.807) is 7.05 Å². The van der Waals surface area contributed by atoms with Crippen LogP contribution >= 0.6 is 12.4 Å². The lowest BCUT2D eigenvalue weighted by molar-refractivity contribution is -0.385. The van der Waals surface area contributed by atoms with Crippen LogP contribution in [-0.4, -0.2) is 33.0 Å². The molecule has 0 aliphatic carbocycles. The number of halogens is 1. The molecule has 1 aromatic carbocycles. The van der Waals surface area contributed by atoms with Crippen LogP contribution in [0.2, 0.25) is 0 Å². The van der Waals surface area contributed by atoms with Gasteiger partial charge in [0.15, 0.2) is 0 Å². The van der Waals surface area contributed by atoms with Gasteiger partial charge < -0.3 is 5.32 Å². The monoisotopic (exact) mass is 323 g/mol. The maximum Gasteiger partial charge on any atom is 0.273 e. The normalized spacial score (nSPS) is 12.6. The van der Waals surface area contributed by atoms with E-state index in [4.69, 9.17) is 0 Å². The molecule has 1 aromatic rings. The molecule has 0 radical (unpaired) electrons. The summed E-state index contributed by atoms with van der Waals surface area (Å²) in [5, 5.41) is 13.7. The number of rotatable bonds is 6. The lowest BCUT2D eigenvalue weighted by Crippen LogP contribution is -2.37. The molecular weight excluding hydrogens is 306 g/mol. The Bertz CT molecular complexity index is 577. The fourth-order valence-corrected chi connectivity index (χ4v) is 2.90. The van der Waals surface area contributed by atoms with Gasteiger partial charge in [-0.25, -0.2) is 13.1 Å². The number of likely N-dealkylation sites (N-methyl/N-ethyl adjacent to an activating group) is 1. The predicted octanol–water partition coefficient (Wildman–Crippen LogP) is 1.21. The van der Waals surface area contributed by atoms with Crippen LogP contribution in [0.15, 0.2) is 23.1 Å². The smallest absolute Gasteiger partial charge is 0.273 e. The van der Waals surface area contributed by atoms with E-state index in [1.165, 1.54) is 25.1 Å². The van der Waals surface area contributed by atoms with Gasteiger partial charge in [-0.15, -0.1) is 12.4 Å². The number of nitrogens with zero attached hydrogens (tertiary/aromatic N) is 1. The fraction of sp³-hybridized carbons (Fsp3) is 0.455. The average Bonchev–Trinajstić information content (AvgIpc) is 2.35. The summed E-state index contributed by atoms with van der Waals surface area (Å²) < 4.78 is 26.6. The molecule has 1 unspecified atom stereocenters. The quantitative estimate of drug-likeness (QED) is 0.605. The Labute approximate surface area is 124 Å². The summed E-state index contributed by atoms with van der Waals surface area (Å²) in [7, 11) is -2.03. The molecule has 0 amide bonds. The van der Waals surface area contributed by atoms with Crippen molar-refractivity contribution in [3.8, 4) is 0 Å². The molecule has 0 saturated carbocycles. The Hall–Kier alpha value is -1.22. The maximum atomic E-state index is 12.1. The summed E-state index contributed by atoms with van der Waals surface area (Å²) in [6.45, 7) is 3.46. The molecule has 0 heterocycles. The molecule has 0 aromatic heterocycles. The van der Waals surface area contributed by atoms with Crippen molar-refractivity contribution in [1.82, 2.24) is 10.0 Å². The Morgan fingerprint density at radius 1 is 1.40 bits per heavy atom. The molecule has 0 spiro atoms. The van der Waals surface area contributed by atoms with Crippen LogP contribution < -0.4 is 10.0 Å². The predicted molar refractivity (Wildman–Crippen MR) is 78.8 cm³/mol. The number of hydrogen-bond acceptors (Lipinski definition) is 5. The zero-order valence-corrected chi connectivity index (χ0v) is 13.0. The van der Waals surface area contributed by atoms with Crippen LogP contribution in [0.4, 0.5) is 5.69 Å². The summed E-state index contributed by atoms with van der Waals surface area (Å²) in [5.74, 6) is 0. The molecule has 7 nitrogen and oxygen atoms in total. The topological polar surface area (TPSA) is 101 Å². The highest BCUT2D eigenvalue weighted by Crippen LogP contribution is 2.24. The molecule has 9 heteroatoms. The summed E-state index contributed by atoms with van der Waals surface area (Å²) in [5.41, 5.74) is -0.0679. The number of nitro groups is 1. The minimum atomic E-state index is -3.75. The molecular formula is C11H18ClN3O4S. The van der Waals surface area contributed by atoms with Gasteiger partial charge in [0.25, 0.3) is 5.69 Å². The molecule has 0 aliphatic rings. The van der Waals surface area contributed by atoms with E-state index in [-0.39, 0.29) is 41.1 Å². The highest BCUT2D eigenvalue weighted by molar-refractivity contribution is 7.89. The van der Waals surface area contributed by atoms with Crippen molar-refractivity contribution in [3.63, 3.8) is 0 Å². The lowest BCUT2D eigenvalue weighted by atomic mass is 10.2. The minimum Gasteiger partial charge on any atom is -0.316 e. The largest absolute Gasteiger partial charge is 0.316 e. The molecule has 0 bridgehead atoms. The molecule has 0 saturated heterocycles. The Morgan fingerprint density at radius 3 is 2.50 bits per heavy atom. The third-order valence-electron chi connectivity index (χ3n) is 2.81. The molecule has 114 valence electrons. The summed E-state index contributed by atoms with van der Waals surface area (Å²) in [4.78, 5) is 10.1. The van der Waals surface area contributed by atoms with E-state index in [0.717, 1.165) is 0 Å². The molecule has 0 fully saturated rings.